The Hall–Kier alpha value is -2.10. The van der Waals surface area contributed by atoms with Gasteiger partial charge in [-0.3, -0.25) is 4.79 Å². The normalized spacial score (nSPS) is 9.87. The number of nitrogens with zero attached hydrogens (tertiary/aromatic N) is 1. The van der Waals surface area contributed by atoms with Crippen molar-refractivity contribution in [3.63, 3.8) is 0 Å². The number of carbonyl (C=O) groups excluding carboxylic acids is 1. The largest absolute Gasteiger partial charge is 0.351 e. The third-order valence-corrected chi connectivity index (χ3v) is 1.96. The highest BCUT2D eigenvalue weighted by atomic mass is 16.5. The fraction of sp³-hybridized carbons (Fsp3) is 0.0909. The molecule has 0 unspecified atom stereocenters. The molecule has 1 N–H and O–H groups in total. The fourth-order valence-corrected chi connectivity index (χ4v) is 1.20. The van der Waals surface area contributed by atoms with E-state index in [1.807, 2.05) is 30.3 Å². The van der Waals surface area contributed by atoms with Gasteiger partial charge in [-0.25, -0.2) is 0 Å². The third kappa shape index (κ3) is 2.43. The number of rotatable bonds is 3. The van der Waals surface area contributed by atoms with Crippen LogP contribution in [-0.4, -0.2) is 11.1 Å². The molecule has 0 spiro atoms. The van der Waals surface area contributed by atoms with Crippen LogP contribution in [0.3, 0.4) is 0 Å². The van der Waals surface area contributed by atoms with Crippen molar-refractivity contribution in [1.29, 1.82) is 0 Å². The second-order valence-electron chi connectivity index (χ2n) is 3.04. The predicted octanol–water partition coefficient (Wildman–Crippen LogP) is 1.60. The zero-order chi connectivity index (χ0) is 10.5. The highest BCUT2D eigenvalue weighted by Gasteiger charge is 2.08. The summed E-state index contributed by atoms with van der Waals surface area (Å²) >= 11 is 0. The quantitative estimate of drug-likeness (QED) is 0.822. The Kier molecular flexibility index (Phi) is 2.78. The van der Waals surface area contributed by atoms with Gasteiger partial charge in [0.1, 0.15) is 0 Å². The molecule has 2 aromatic rings. The molecule has 0 saturated carbocycles. The van der Waals surface area contributed by atoms with E-state index < -0.39 is 0 Å². The first-order chi connectivity index (χ1) is 7.36. The summed E-state index contributed by atoms with van der Waals surface area (Å²) in [5, 5.41) is 6.19. The molecule has 0 radical (unpaired) electrons. The van der Waals surface area contributed by atoms with Crippen LogP contribution in [0, 0.1) is 0 Å². The summed E-state index contributed by atoms with van der Waals surface area (Å²) in [4.78, 5) is 11.4. The van der Waals surface area contributed by atoms with Crippen molar-refractivity contribution in [2.75, 3.05) is 0 Å². The number of benzene rings is 1. The van der Waals surface area contributed by atoms with Crippen molar-refractivity contribution in [3.8, 4) is 0 Å². The van der Waals surface area contributed by atoms with E-state index in [0.717, 1.165) is 5.56 Å². The average Bonchev–Trinajstić information content (AvgIpc) is 2.81. The van der Waals surface area contributed by atoms with Crippen LogP contribution in [0.5, 0.6) is 0 Å². The van der Waals surface area contributed by atoms with Gasteiger partial charge in [-0.1, -0.05) is 35.5 Å². The summed E-state index contributed by atoms with van der Waals surface area (Å²) in [6.07, 6.45) is 1.44. The van der Waals surface area contributed by atoms with Crippen molar-refractivity contribution in [2.24, 2.45) is 0 Å². The minimum absolute atomic E-state index is 0.228. The molecule has 4 heteroatoms. The summed E-state index contributed by atoms with van der Waals surface area (Å²) in [6.45, 7) is 0.486. The van der Waals surface area contributed by atoms with E-state index in [4.69, 9.17) is 4.52 Å². The minimum Gasteiger partial charge on any atom is -0.351 e. The molecule has 1 heterocycles. The SMILES string of the molecule is O=C(NCc1ccccc1)c1ccno1. The number of nitrogens with one attached hydrogen (secondary N) is 1. The topological polar surface area (TPSA) is 55.1 Å². The standard InChI is InChI=1S/C11H10N2O2/c14-11(10-6-7-13-15-10)12-8-9-4-2-1-3-5-9/h1-7H,8H2,(H,12,14). The van der Waals surface area contributed by atoms with Crippen LogP contribution in [0.2, 0.25) is 0 Å². The zero-order valence-corrected chi connectivity index (χ0v) is 8.01. The molecule has 0 aliphatic rings. The Balaban J connectivity index is 1.92. The summed E-state index contributed by atoms with van der Waals surface area (Å²) < 4.78 is 4.72. The molecule has 0 atom stereocenters. The van der Waals surface area contributed by atoms with Crippen molar-refractivity contribution in [1.82, 2.24) is 10.5 Å². The van der Waals surface area contributed by atoms with Crippen molar-refractivity contribution in [2.45, 2.75) is 6.54 Å². The molecule has 4 nitrogen and oxygen atoms in total. The molecule has 76 valence electrons. The maximum atomic E-state index is 11.4. The molecule has 0 bridgehead atoms. The maximum absolute atomic E-state index is 11.4. The highest BCUT2D eigenvalue weighted by molar-refractivity contribution is 5.91. The van der Waals surface area contributed by atoms with E-state index in [2.05, 4.69) is 10.5 Å². The lowest BCUT2D eigenvalue weighted by Gasteiger charge is -2.01. The van der Waals surface area contributed by atoms with Crippen LogP contribution < -0.4 is 5.32 Å². The Bertz CT molecular complexity index is 423. The molecular formula is C11H10N2O2. The number of amides is 1. The number of hydrogen-bond acceptors (Lipinski definition) is 3. The lowest BCUT2D eigenvalue weighted by atomic mass is 10.2. The predicted molar refractivity (Wildman–Crippen MR) is 54.1 cm³/mol. The summed E-state index contributed by atoms with van der Waals surface area (Å²) in [7, 11) is 0. The summed E-state index contributed by atoms with van der Waals surface area (Å²) in [5.41, 5.74) is 1.05. The Morgan fingerprint density at radius 3 is 2.73 bits per heavy atom. The van der Waals surface area contributed by atoms with E-state index in [1.165, 1.54) is 12.3 Å². The van der Waals surface area contributed by atoms with Gasteiger partial charge in [0.25, 0.3) is 5.91 Å². The highest BCUT2D eigenvalue weighted by Crippen LogP contribution is 2.00. The second kappa shape index (κ2) is 4.41. The number of aromatic nitrogens is 1. The monoisotopic (exact) mass is 202 g/mol. The molecule has 15 heavy (non-hydrogen) atoms. The van der Waals surface area contributed by atoms with Crippen LogP contribution in [0.15, 0.2) is 47.1 Å². The molecule has 2 rings (SSSR count). The smallest absolute Gasteiger partial charge is 0.290 e. The van der Waals surface area contributed by atoms with Crippen LogP contribution >= 0.6 is 0 Å². The molecular weight excluding hydrogens is 192 g/mol. The second-order valence-corrected chi connectivity index (χ2v) is 3.04. The van der Waals surface area contributed by atoms with Gasteiger partial charge in [0.15, 0.2) is 0 Å². The minimum atomic E-state index is -0.253. The maximum Gasteiger partial charge on any atom is 0.290 e. The summed E-state index contributed by atoms with van der Waals surface area (Å²) in [6, 6.07) is 11.2. The Morgan fingerprint density at radius 2 is 2.07 bits per heavy atom. The third-order valence-electron chi connectivity index (χ3n) is 1.96. The molecule has 1 aromatic heterocycles. The van der Waals surface area contributed by atoms with Gasteiger partial charge in [0.2, 0.25) is 5.76 Å². The molecule has 1 amide bonds. The first-order valence-electron chi connectivity index (χ1n) is 4.59. The summed E-state index contributed by atoms with van der Waals surface area (Å²) in [5.74, 6) is -0.0257. The lowest BCUT2D eigenvalue weighted by Crippen LogP contribution is -2.22. The van der Waals surface area contributed by atoms with Crippen LogP contribution in [-0.2, 0) is 6.54 Å². The van der Waals surface area contributed by atoms with E-state index in [1.54, 1.807) is 0 Å². The van der Waals surface area contributed by atoms with Gasteiger partial charge in [-0.05, 0) is 5.56 Å². The molecule has 0 fully saturated rings. The van der Waals surface area contributed by atoms with Gasteiger partial charge in [0.05, 0.1) is 6.20 Å². The van der Waals surface area contributed by atoms with Gasteiger partial charge in [-0.15, -0.1) is 0 Å². The van der Waals surface area contributed by atoms with Gasteiger partial charge in [-0.2, -0.15) is 0 Å². The van der Waals surface area contributed by atoms with E-state index in [9.17, 15) is 4.79 Å². The van der Waals surface area contributed by atoms with Crippen LogP contribution in [0.4, 0.5) is 0 Å². The first kappa shape index (κ1) is 9.45. The van der Waals surface area contributed by atoms with Crippen LogP contribution in [0.1, 0.15) is 16.1 Å². The van der Waals surface area contributed by atoms with E-state index in [-0.39, 0.29) is 11.7 Å². The van der Waals surface area contributed by atoms with Crippen molar-refractivity contribution < 1.29 is 9.32 Å². The van der Waals surface area contributed by atoms with Gasteiger partial charge in [0, 0.05) is 12.6 Å². The number of hydrogen-bond donors (Lipinski definition) is 1. The fourth-order valence-electron chi connectivity index (χ4n) is 1.20. The number of carbonyl (C=O) groups is 1. The van der Waals surface area contributed by atoms with Gasteiger partial charge >= 0.3 is 0 Å². The molecule has 0 aliphatic heterocycles. The van der Waals surface area contributed by atoms with E-state index in [0.29, 0.717) is 6.54 Å². The molecule has 0 aliphatic carbocycles. The van der Waals surface area contributed by atoms with Gasteiger partial charge < -0.3 is 9.84 Å². The van der Waals surface area contributed by atoms with Crippen LogP contribution in [0.25, 0.3) is 0 Å². The lowest BCUT2D eigenvalue weighted by molar-refractivity contribution is 0.0914. The van der Waals surface area contributed by atoms with E-state index >= 15 is 0 Å². The Labute approximate surface area is 86.9 Å². The average molecular weight is 202 g/mol. The van der Waals surface area contributed by atoms with Crippen molar-refractivity contribution in [3.05, 3.63) is 53.9 Å². The first-order valence-corrected chi connectivity index (χ1v) is 4.59. The zero-order valence-electron chi connectivity index (χ0n) is 8.01. The molecule has 1 aromatic carbocycles. The van der Waals surface area contributed by atoms with Crippen molar-refractivity contribution >= 4 is 5.91 Å². The Morgan fingerprint density at radius 1 is 1.27 bits per heavy atom. The molecule has 0 saturated heterocycles.